The monoisotopic (exact) mass is 288 g/mol. The molecule has 1 aromatic carbocycles. The second kappa shape index (κ2) is 6.10. The highest BCUT2D eigenvalue weighted by molar-refractivity contribution is 5.90. The fourth-order valence-electron chi connectivity index (χ4n) is 2.05. The standard InChI is InChI=1S/C16H20N2O3/c1-16(2,20)7-9-18-10-8-17-14(18)12-5-4-6-13(11-12)15(19)21-3/h4-6,8,10-11,20H,7,9H2,1-3H3. The van der Waals surface area contributed by atoms with Crippen LogP contribution in [0.4, 0.5) is 0 Å². The number of hydrogen-bond donors (Lipinski definition) is 1. The molecule has 0 saturated carbocycles. The van der Waals surface area contributed by atoms with E-state index >= 15 is 0 Å². The van der Waals surface area contributed by atoms with Crippen molar-refractivity contribution < 1.29 is 14.6 Å². The number of carbonyl (C=O) groups excluding carboxylic acids is 1. The van der Waals surface area contributed by atoms with Crippen LogP contribution >= 0.6 is 0 Å². The van der Waals surface area contributed by atoms with E-state index in [9.17, 15) is 9.90 Å². The van der Waals surface area contributed by atoms with Crippen molar-refractivity contribution in [2.24, 2.45) is 0 Å². The first kappa shape index (κ1) is 15.3. The van der Waals surface area contributed by atoms with Crippen LogP contribution in [0, 0.1) is 0 Å². The second-order valence-electron chi connectivity index (χ2n) is 5.58. The summed E-state index contributed by atoms with van der Waals surface area (Å²) < 4.78 is 6.70. The first-order valence-corrected chi connectivity index (χ1v) is 6.83. The van der Waals surface area contributed by atoms with Crippen LogP contribution in [0.5, 0.6) is 0 Å². The Morgan fingerprint density at radius 1 is 1.43 bits per heavy atom. The Kier molecular flexibility index (Phi) is 4.43. The molecule has 5 heteroatoms. The number of hydrogen-bond acceptors (Lipinski definition) is 4. The number of benzene rings is 1. The highest BCUT2D eigenvalue weighted by Crippen LogP contribution is 2.21. The van der Waals surface area contributed by atoms with Crippen molar-refractivity contribution in [1.29, 1.82) is 0 Å². The third-order valence-electron chi connectivity index (χ3n) is 3.22. The van der Waals surface area contributed by atoms with E-state index in [2.05, 4.69) is 4.98 Å². The Morgan fingerprint density at radius 3 is 2.86 bits per heavy atom. The van der Waals surface area contributed by atoms with Crippen molar-refractivity contribution in [3.05, 3.63) is 42.2 Å². The minimum absolute atomic E-state index is 0.369. The van der Waals surface area contributed by atoms with E-state index in [-0.39, 0.29) is 5.97 Å². The number of methoxy groups -OCH3 is 1. The van der Waals surface area contributed by atoms with Gasteiger partial charge in [-0.2, -0.15) is 0 Å². The summed E-state index contributed by atoms with van der Waals surface area (Å²) in [5.74, 6) is 0.399. The van der Waals surface area contributed by atoms with Gasteiger partial charge in [-0.3, -0.25) is 0 Å². The van der Waals surface area contributed by atoms with Gasteiger partial charge < -0.3 is 14.4 Å². The van der Waals surface area contributed by atoms with Gasteiger partial charge >= 0.3 is 5.97 Å². The number of nitrogens with zero attached hydrogens (tertiary/aromatic N) is 2. The van der Waals surface area contributed by atoms with Gasteiger partial charge in [0, 0.05) is 24.5 Å². The Hall–Kier alpha value is -2.14. The summed E-state index contributed by atoms with van der Waals surface area (Å²) in [7, 11) is 1.36. The highest BCUT2D eigenvalue weighted by atomic mass is 16.5. The maximum absolute atomic E-state index is 11.6. The number of aliphatic hydroxyl groups is 1. The van der Waals surface area contributed by atoms with Gasteiger partial charge in [-0.05, 0) is 32.4 Å². The van der Waals surface area contributed by atoms with E-state index in [1.165, 1.54) is 7.11 Å². The smallest absolute Gasteiger partial charge is 0.337 e. The van der Waals surface area contributed by atoms with Gasteiger partial charge in [0.15, 0.2) is 0 Å². The number of ether oxygens (including phenoxy) is 1. The maximum Gasteiger partial charge on any atom is 0.337 e. The van der Waals surface area contributed by atoms with Crippen LogP contribution in [0.1, 0.15) is 30.6 Å². The van der Waals surface area contributed by atoms with Crippen LogP contribution < -0.4 is 0 Å². The van der Waals surface area contributed by atoms with Crippen LogP contribution in [0.2, 0.25) is 0 Å². The minimum Gasteiger partial charge on any atom is -0.465 e. The van der Waals surface area contributed by atoms with Crippen molar-refractivity contribution in [3.63, 3.8) is 0 Å². The van der Waals surface area contributed by atoms with Gasteiger partial charge in [0.1, 0.15) is 5.82 Å². The lowest BCUT2D eigenvalue weighted by molar-refractivity contribution is 0.0600. The first-order valence-electron chi connectivity index (χ1n) is 6.83. The van der Waals surface area contributed by atoms with E-state index in [1.54, 1.807) is 38.2 Å². The molecule has 0 aliphatic rings. The average molecular weight is 288 g/mol. The average Bonchev–Trinajstić information content (AvgIpc) is 2.92. The molecule has 1 heterocycles. The van der Waals surface area contributed by atoms with E-state index in [1.807, 2.05) is 16.8 Å². The number of rotatable bonds is 5. The maximum atomic E-state index is 11.6. The van der Waals surface area contributed by atoms with Crippen LogP contribution in [0.25, 0.3) is 11.4 Å². The van der Waals surface area contributed by atoms with E-state index in [4.69, 9.17) is 4.74 Å². The molecule has 2 rings (SSSR count). The lowest BCUT2D eigenvalue weighted by atomic mass is 10.1. The summed E-state index contributed by atoms with van der Waals surface area (Å²) in [6.45, 7) is 4.21. The molecule has 21 heavy (non-hydrogen) atoms. The number of imidazole rings is 1. The molecule has 0 spiro atoms. The molecule has 0 amide bonds. The first-order chi connectivity index (χ1) is 9.90. The van der Waals surface area contributed by atoms with Crippen molar-refractivity contribution in [2.45, 2.75) is 32.4 Å². The molecule has 5 nitrogen and oxygen atoms in total. The fraction of sp³-hybridized carbons (Fsp3) is 0.375. The Morgan fingerprint density at radius 2 is 2.19 bits per heavy atom. The lowest BCUT2D eigenvalue weighted by Gasteiger charge is -2.18. The molecule has 0 radical (unpaired) electrons. The third-order valence-corrected chi connectivity index (χ3v) is 3.22. The van der Waals surface area contributed by atoms with E-state index in [0.717, 1.165) is 11.4 Å². The van der Waals surface area contributed by atoms with Gasteiger partial charge in [0.2, 0.25) is 0 Å². The molecule has 0 fully saturated rings. The number of aryl methyl sites for hydroxylation is 1. The van der Waals surface area contributed by atoms with Crippen molar-refractivity contribution in [2.75, 3.05) is 7.11 Å². The molecule has 0 saturated heterocycles. The number of carbonyl (C=O) groups is 1. The molecule has 0 unspecified atom stereocenters. The van der Waals surface area contributed by atoms with Crippen LogP contribution in [0.3, 0.4) is 0 Å². The van der Waals surface area contributed by atoms with Crippen molar-refractivity contribution in [1.82, 2.24) is 9.55 Å². The topological polar surface area (TPSA) is 64.3 Å². The molecular weight excluding hydrogens is 268 g/mol. The molecule has 1 N–H and O–H groups in total. The summed E-state index contributed by atoms with van der Waals surface area (Å²) in [6.07, 6.45) is 4.20. The van der Waals surface area contributed by atoms with E-state index < -0.39 is 5.60 Å². The zero-order chi connectivity index (χ0) is 15.5. The van der Waals surface area contributed by atoms with Crippen molar-refractivity contribution in [3.8, 4) is 11.4 Å². The summed E-state index contributed by atoms with van der Waals surface area (Å²) in [5.41, 5.74) is 0.612. The fourth-order valence-corrected chi connectivity index (χ4v) is 2.05. The van der Waals surface area contributed by atoms with Gasteiger partial charge in [-0.1, -0.05) is 12.1 Å². The Bertz CT molecular complexity index is 626. The molecule has 112 valence electrons. The highest BCUT2D eigenvalue weighted by Gasteiger charge is 2.15. The third kappa shape index (κ3) is 3.92. The molecule has 0 atom stereocenters. The molecular formula is C16H20N2O3. The summed E-state index contributed by atoms with van der Waals surface area (Å²) in [5, 5.41) is 9.83. The summed E-state index contributed by atoms with van der Waals surface area (Å²) in [6, 6.07) is 7.17. The van der Waals surface area contributed by atoms with Gasteiger partial charge in [-0.15, -0.1) is 0 Å². The summed E-state index contributed by atoms with van der Waals surface area (Å²) >= 11 is 0. The molecule has 0 bridgehead atoms. The second-order valence-corrected chi connectivity index (χ2v) is 5.58. The normalized spacial score (nSPS) is 11.4. The molecule has 2 aromatic rings. The quantitative estimate of drug-likeness (QED) is 0.859. The predicted octanol–water partition coefficient (Wildman–Crippen LogP) is 2.50. The molecule has 0 aliphatic carbocycles. The zero-order valence-electron chi connectivity index (χ0n) is 12.5. The molecule has 0 aliphatic heterocycles. The SMILES string of the molecule is COC(=O)c1cccc(-c2nccn2CCC(C)(C)O)c1. The zero-order valence-corrected chi connectivity index (χ0v) is 12.5. The number of aromatic nitrogens is 2. The van der Waals surface area contributed by atoms with Gasteiger partial charge in [0.05, 0.1) is 18.3 Å². The Balaban J connectivity index is 2.27. The number of esters is 1. The largest absolute Gasteiger partial charge is 0.465 e. The molecule has 1 aromatic heterocycles. The lowest BCUT2D eigenvalue weighted by Crippen LogP contribution is -2.21. The van der Waals surface area contributed by atoms with Crippen LogP contribution in [-0.4, -0.2) is 33.3 Å². The predicted molar refractivity (Wildman–Crippen MR) is 79.9 cm³/mol. The van der Waals surface area contributed by atoms with Gasteiger partial charge in [0.25, 0.3) is 0 Å². The minimum atomic E-state index is -0.727. The Labute approximate surface area is 124 Å². The van der Waals surface area contributed by atoms with Gasteiger partial charge in [-0.25, -0.2) is 9.78 Å². The van der Waals surface area contributed by atoms with Crippen LogP contribution in [0.15, 0.2) is 36.7 Å². The van der Waals surface area contributed by atoms with E-state index in [0.29, 0.717) is 18.5 Å². The van der Waals surface area contributed by atoms with Crippen molar-refractivity contribution >= 4 is 5.97 Å². The summed E-state index contributed by atoms with van der Waals surface area (Å²) in [4.78, 5) is 15.9. The van der Waals surface area contributed by atoms with Crippen LogP contribution in [-0.2, 0) is 11.3 Å².